The van der Waals surface area contributed by atoms with Crippen molar-refractivity contribution in [1.29, 1.82) is 0 Å². The maximum Gasteiger partial charge on any atom is 0.317 e. The lowest BCUT2D eigenvalue weighted by Crippen LogP contribution is -2.46. The number of hydrogen-bond donors (Lipinski definition) is 1. The first-order valence-corrected chi connectivity index (χ1v) is 9.31. The zero-order valence-electron chi connectivity index (χ0n) is 16.4. The summed E-state index contributed by atoms with van der Waals surface area (Å²) in [5, 5.41) is 9.14. The monoisotopic (exact) mass is 356 g/mol. The van der Waals surface area contributed by atoms with Gasteiger partial charge in [-0.25, -0.2) is 0 Å². The predicted molar refractivity (Wildman–Crippen MR) is 100.0 cm³/mol. The van der Waals surface area contributed by atoms with Gasteiger partial charge in [-0.15, -0.1) is 0 Å². The second kappa shape index (κ2) is 11.6. The molecule has 1 rings (SSSR count). The molecule has 0 radical (unpaired) electrons. The van der Waals surface area contributed by atoms with Gasteiger partial charge in [0.15, 0.2) is 0 Å². The number of nitrogens with zero attached hydrogens (tertiary/aromatic N) is 4. The van der Waals surface area contributed by atoms with Gasteiger partial charge >= 0.3 is 5.97 Å². The molecular weight excluding hydrogens is 320 g/mol. The van der Waals surface area contributed by atoms with Gasteiger partial charge in [-0.2, -0.15) is 0 Å². The minimum absolute atomic E-state index is 0.0571. The number of carbonyl (C=O) groups is 2. The molecule has 7 heteroatoms. The molecule has 1 aliphatic heterocycles. The molecule has 25 heavy (non-hydrogen) atoms. The summed E-state index contributed by atoms with van der Waals surface area (Å²) in [6, 6.07) is 0. The Bertz CT molecular complexity index is 417. The fraction of sp³-hybridized carbons (Fsp3) is 0.889. The topological polar surface area (TPSA) is 67.3 Å². The average molecular weight is 357 g/mol. The molecule has 1 heterocycles. The molecule has 146 valence electrons. The minimum atomic E-state index is -0.795. The van der Waals surface area contributed by atoms with Crippen LogP contribution in [0.2, 0.25) is 0 Å². The summed E-state index contributed by atoms with van der Waals surface area (Å²) in [4.78, 5) is 32.0. The van der Waals surface area contributed by atoms with Gasteiger partial charge in [0.05, 0.1) is 13.1 Å². The van der Waals surface area contributed by atoms with E-state index in [2.05, 4.69) is 42.6 Å². The van der Waals surface area contributed by atoms with Crippen molar-refractivity contribution in [3.63, 3.8) is 0 Å². The largest absolute Gasteiger partial charge is 0.480 e. The summed E-state index contributed by atoms with van der Waals surface area (Å²) in [5.74, 6) is -0.146. The summed E-state index contributed by atoms with van der Waals surface area (Å²) in [5.41, 5.74) is 0. The van der Waals surface area contributed by atoms with Gasteiger partial charge in [0.1, 0.15) is 5.78 Å². The summed E-state index contributed by atoms with van der Waals surface area (Å²) in [6.07, 6.45) is 0.607. The maximum atomic E-state index is 12.2. The Morgan fingerprint density at radius 3 is 1.64 bits per heavy atom. The lowest BCUT2D eigenvalue weighted by molar-refractivity contribution is -0.138. The number of hydrogen-bond acceptors (Lipinski definition) is 6. The van der Waals surface area contributed by atoms with Crippen LogP contribution in [0.15, 0.2) is 0 Å². The van der Waals surface area contributed by atoms with Gasteiger partial charge in [0.25, 0.3) is 0 Å². The molecule has 7 nitrogen and oxygen atoms in total. The van der Waals surface area contributed by atoms with Crippen molar-refractivity contribution in [2.45, 2.75) is 20.3 Å². The first kappa shape index (κ1) is 22.0. The highest BCUT2D eigenvalue weighted by atomic mass is 16.4. The van der Waals surface area contributed by atoms with Gasteiger partial charge in [-0.3, -0.25) is 19.4 Å². The number of aliphatic carboxylic acids is 1. The second-order valence-electron chi connectivity index (χ2n) is 7.69. The van der Waals surface area contributed by atoms with E-state index in [4.69, 9.17) is 5.11 Å². The van der Waals surface area contributed by atoms with E-state index in [1.54, 1.807) is 0 Å². The van der Waals surface area contributed by atoms with Gasteiger partial charge in [0.2, 0.25) is 0 Å². The maximum absolute atomic E-state index is 12.2. The fourth-order valence-electron chi connectivity index (χ4n) is 2.97. The molecule has 0 bridgehead atoms. The highest BCUT2D eigenvalue weighted by Crippen LogP contribution is 2.03. The Labute approximate surface area is 152 Å². The lowest BCUT2D eigenvalue weighted by atomic mass is 10.1. The van der Waals surface area contributed by atoms with Crippen molar-refractivity contribution in [1.82, 2.24) is 19.6 Å². The molecule has 0 saturated carbocycles. The van der Waals surface area contributed by atoms with Crippen LogP contribution in [0.1, 0.15) is 20.3 Å². The highest BCUT2D eigenvalue weighted by molar-refractivity contribution is 5.80. The number of carboxylic acid groups (broad SMARTS) is 1. The standard InChI is InChI=1S/C18H36N4O3/c1-16(2)13-17(23)14-21-9-7-19(3)5-6-20(4)8-10-22(12-11-21)15-18(24)25/h16H,5-15H2,1-4H3,(H,24,25). The van der Waals surface area contributed by atoms with Crippen LogP contribution in [0.5, 0.6) is 0 Å². The van der Waals surface area contributed by atoms with Crippen molar-refractivity contribution in [3.8, 4) is 0 Å². The molecule has 1 saturated heterocycles. The number of carbonyl (C=O) groups excluding carboxylic acids is 1. The van der Waals surface area contributed by atoms with Crippen LogP contribution in [-0.4, -0.2) is 116 Å². The van der Waals surface area contributed by atoms with Crippen LogP contribution in [-0.2, 0) is 9.59 Å². The van der Waals surface area contributed by atoms with E-state index in [9.17, 15) is 9.59 Å². The van der Waals surface area contributed by atoms with Crippen molar-refractivity contribution < 1.29 is 14.7 Å². The number of carboxylic acids is 1. The van der Waals surface area contributed by atoms with Crippen LogP contribution < -0.4 is 0 Å². The zero-order chi connectivity index (χ0) is 18.8. The third-order valence-electron chi connectivity index (χ3n) is 4.59. The Kier molecular flexibility index (Phi) is 10.2. The summed E-state index contributed by atoms with van der Waals surface area (Å²) >= 11 is 0. The minimum Gasteiger partial charge on any atom is -0.480 e. The van der Waals surface area contributed by atoms with Gasteiger partial charge < -0.3 is 14.9 Å². The molecule has 0 unspecified atom stereocenters. The van der Waals surface area contributed by atoms with Crippen molar-refractivity contribution in [2.75, 3.05) is 79.5 Å². The third-order valence-corrected chi connectivity index (χ3v) is 4.59. The molecule has 1 aliphatic rings. The Morgan fingerprint density at radius 2 is 1.20 bits per heavy atom. The molecule has 0 aromatic carbocycles. The van der Waals surface area contributed by atoms with E-state index >= 15 is 0 Å². The van der Waals surface area contributed by atoms with E-state index in [0.717, 1.165) is 45.8 Å². The van der Waals surface area contributed by atoms with Gasteiger partial charge in [-0.1, -0.05) is 13.8 Å². The van der Waals surface area contributed by atoms with E-state index in [-0.39, 0.29) is 12.3 Å². The first-order chi connectivity index (χ1) is 11.8. The van der Waals surface area contributed by atoms with Crippen LogP contribution >= 0.6 is 0 Å². The van der Waals surface area contributed by atoms with E-state index in [1.165, 1.54) is 0 Å². The molecule has 0 aromatic rings. The second-order valence-corrected chi connectivity index (χ2v) is 7.69. The molecule has 0 spiro atoms. The van der Waals surface area contributed by atoms with E-state index in [1.807, 2.05) is 4.90 Å². The van der Waals surface area contributed by atoms with Crippen LogP contribution in [0, 0.1) is 5.92 Å². The third kappa shape index (κ3) is 10.5. The Hall–Kier alpha value is -1.02. The Balaban J connectivity index is 2.68. The van der Waals surface area contributed by atoms with Crippen LogP contribution in [0.3, 0.4) is 0 Å². The SMILES string of the molecule is CC(C)CC(=O)CN1CCN(C)CCN(C)CCN(CC(=O)O)CC1. The molecule has 0 amide bonds. The molecule has 1 fully saturated rings. The zero-order valence-corrected chi connectivity index (χ0v) is 16.4. The Morgan fingerprint density at radius 1 is 0.800 bits per heavy atom. The molecular formula is C18H36N4O3. The summed E-state index contributed by atoms with van der Waals surface area (Å²) in [6.45, 7) is 11.3. The predicted octanol–water partition coefficient (Wildman–Crippen LogP) is 0.167. The lowest BCUT2D eigenvalue weighted by Gasteiger charge is -2.31. The number of likely N-dealkylation sites (N-methyl/N-ethyl adjacent to an activating group) is 2. The summed E-state index contributed by atoms with van der Waals surface area (Å²) < 4.78 is 0. The molecule has 1 N–H and O–H groups in total. The van der Waals surface area contributed by atoms with Crippen molar-refractivity contribution in [3.05, 3.63) is 0 Å². The van der Waals surface area contributed by atoms with Gasteiger partial charge in [-0.05, 0) is 20.0 Å². The first-order valence-electron chi connectivity index (χ1n) is 9.31. The highest BCUT2D eigenvalue weighted by Gasteiger charge is 2.17. The van der Waals surface area contributed by atoms with Crippen LogP contribution in [0.25, 0.3) is 0 Å². The summed E-state index contributed by atoms with van der Waals surface area (Å²) in [7, 11) is 4.19. The fourth-order valence-corrected chi connectivity index (χ4v) is 2.97. The average Bonchev–Trinajstić information content (AvgIpc) is 2.50. The number of rotatable bonds is 6. The normalized spacial score (nSPS) is 21.0. The quantitative estimate of drug-likeness (QED) is 0.727. The number of Topliss-reactive ketones (excluding diaryl/α,β-unsaturated/α-hetero) is 1. The van der Waals surface area contributed by atoms with Crippen molar-refractivity contribution >= 4 is 11.8 Å². The van der Waals surface area contributed by atoms with Crippen molar-refractivity contribution in [2.24, 2.45) is 5.92 Å². The van der Waals surface area contributed by atoms with Crippen LogP contribution in [0.4, 0.5) is 0 Å². The van der Waals surface area contributed by atoms with Gasteiger partial charge in [0, 0.05) is 58.8 Å². The smallest absolute Gasteiger partial charge is 0.317 e. The molecule has 0 aromatic heterocycles. The van der Waals surface area contributed by atoms with E-state index < -0.39 is 5.97 Å². The van der Waals surface area contributed by atoms with E-state index in [0.29, 0.717) is 25.4 Å². The molecule has 0 aliphatic carbocycles. The molecule has 0 atom stereocenters. The number of ketones is 1.